The Bertz CT molecular complexity index is 1130. The minimum atomic E-state index is -0.569. The van der Waals surface area contributed by atoms with E-state index >= 15 is 0 Å². The Hall–Kier alpha value is -2.99. The lowest BCUT2D eigenvalue weighted by Gasteiger charge is -2.43. The number of hydrogen-bond donors (Lipinski definition) is 0. The Morgan fingerprint density at radius 2 is 1.77 bits per heavy atom. The summed E-state index contributed by atoms with van der Waals surface area (Å²) < 4.78 is 0. The van der Waals surface area contributed by atoms with Crippen LogP contribution in [0.1, 0.15) is 50.2 Å². The van der Waals surface area contributed by atoms with Crippen LogP contribution in [-0.4, -0.2) is 16.6 Å². The van der Waals surface area contributed by atoms with E-state index in [4.69, 9.17) is 11.6 Å². The average molecular weight is 439 g/mol. The molecule has 31 heavy (non-hydrogen) atoms. The number of nitrogens with zero attached hydrogens (tertiary/aromatic N) is 2. The van der Waals surface area contributed by atoms with Gasteiger partial charge in [-0.15, -0.1) is 0 Å². The molecule has 2 aliphatic rings. The standard InChI is InChI=1S/C24H23ClN2O4/c1-14-4-6-15(7-5-14)17-11-22(29)26(16-8-9-18(25)19(10-16)27(30)31)20-12-24(2,3)13-21(28)23(17)20/h4-10,17H,11-13H2,1-3H3. The molecular weight excluding hydrogens is 416 g/mol. The van der Waals surface area contributed by atoms with Crippen LogP contribution in [0, 0.1) is 22.5 Å². The summed E-state index contributed by atoms with van der Waals surface area (Å²) in [5.41, 5.74) is 3.09. The highest BCUT2D eigenvalue weighted by Gasteiger charge is 2.44. The number of nitro benzene ring substituents is 1. The van der Waals surface area contributed by atoms with Crippen LogP contribution in [-0.2, 0) is 9.59 Å². The normalized spacial score (nSPS) is 20.6. The molecule has 0 N–H and O–H groups in total. The van der Waals surface area contributed by atoms with Gasteiger partial charge in [-0.05, 0) is 36.5 Å². The van der Waals surface area contributed by atoms with Crippen LogP contribution in [0.5, 0.6) is 0 Å². The minimum Gasteiger partial charge on any atom is -0.294 e. The molecule has 0 bridgehead atoms. The molecule has 0 aromatic heterocycles. The molecule has 1 unspecified atom stereocenters. The maximum atomic E-state index is 13.4. The van der Waals surface area contributed by atoms with Crippen molar-refractivity contribution < 1.29 is 14.5 Å². The minimum absolute atomic E-state index is 0.00462. The van der Waals surface area contributed by atoms with E-state index in [0.717, 1.165) is 11.1 Å². The number of carbonyl (C=O) groups excluding carboxylic acids is 2. The largest absolute Gasteiger partial charge is 0.294 e. The fourth-order valence-corrected chi connectivity index (χ4v) is 4.76. The third-order valence-corrected chi connectivity index (χ3v) is 6.33. The van der Waals surface area contributed by atoms with Crippen LogP contribution in [0.15, 0.2) is 53.7 Å². The molecule has 1 atom stereocenters. The zero-order chi connectivity index (χ0) is 22.5. The van der Waals surface area contributed by atoms with Crippen LogP contribution in [0.4, 0.5) is 11.4 Å². The third-order valence-electron chi connectivity index (χ3n) is 6.01. The van der Waals surface area contributed by atoms with E-state index in [1.807, 2.05) is 45.0 Å². The molecule has 1 amide bonds. The molecule has 0 saturated heterocycles. The number of rotatable bonds is 3. The quantitative estimate of drug-likeness (QED) is 0.453. The Morgan fingerprint density at radius 3 is 2.42 bits per heavy atom. The predicted octanol–water partition coefficient (Wildman–Crippen LogP) is 5.72. The van der Waals surface area contributed by atoms with Gasteiger partial charge in [0.25, 0.3) is 5.69 Å². The van der Waals surface area contributed by atoms with Crippen LogP contribution in [0.2, 0.25) is 5.02 Å². The number of amides is 1. The molecular formula is C24H23ClN2O4. The van der Waals surface area contributed by atoms with Crippen LogP contribution in [0.3, 0.4) is 0 Å². The molecule has 2 aromatic carbocycles. The van der Waals surface area contributed by atoms with Gasteiger partial charge in [0.15, 0.2) is 5.78 Å². The summed E-state index contributed by atoms with van der Waals surface area (Å²) in [4.78, 5) is 39.0. The molecule has 6 nitrogen and oxygen atoms in total. The third kappa shape index (κ3) is 3.88. The molecule has 0 spiro atoms. The number of allylic oxidation sites excluding steroid dienone is 2. The van der Waals surface area contributed by atoms with E-state index in [2.05, 4.69) is 0 Å². The van der Waals surface area contributed by atoms with Crippen molar-refractivity contribution in [2.75, 3.05) is 4.90 Å². The number of carbonyl (C=O) groups is 2. The van der Waals surface area contributed by atoms with E-state index in [1.54, 1.807) is 6.07 Å². The van der Waals surface area contributed by atoms with Crippen LogP contribution in [0.25, 0.3) is 0 Å². The highest BCUT2D eigenvalue weighted by Crippen LogP contribution is 2.48. The molecule has 0 fully saturated rings. The van der Waals surface area contributed by atoms with Crippen molar-refractivity contribution in [3.05, 3.63) is 80.0 Å². The number of ketones is 1. The fourth-order valence-electron chi connectivity index (χ4n) is 4.58. The number of aryl methyl sites for hydroxylation is 1. The second kappa shape index (κ2) is 7.61. The Morgan fingerprint density at radius 1 is 1.10 bits per heavy atom. The van der Waals surface area contributed by atoms with Gasteiger partial charge in [0, 0.05) is 36.1 Å². The zero-order valence-corrected chi connectivity index (χ0v) is 18.4. The molecule has 0 radical (unpaired) electrons. The summed E-state index contributed by atoms with van der Waals surface area (Å²) in [7, 11) is 0. The number of benzene rings is 2. The summed E-state index contributed by atoms with van der Waals surface area (Å²) >= 11 is 5.98. The molecule has 4 rings (SSSR count). The van der Waals surface area contributed by atoms with E-state index in [-0.39, 0.29) is 40.2 Å². The zero-order valence-electron chi connectivity index (χ0n) is 17.6. The van der Waals surface area contributed by atoms with Gasteiger partial charge in [-0.3, -0.25) is 24.6 Å². The second-order valence-corrected chi connectivity index (χ2v) is 9.50. The van der Waals surface area contributed by atoms with Gasteiger partial charge in [0.05, 0.1) is 10.6 Å². The van der Waals surface area contributed by atoms with Crippen molar-refractivity contribution in [1.82, 2.24) is 0 Å². The first-order valence-corrected chi connectivity index (χ1v) is 10.5. The molecule has 7 heteroatoms. The summed E-state index contributed by atoms with van der Waals surface area (Å²) in [6, 6.07) is 12.2. The van der Waals surface area contributed by atoms with E-state index < -0.39 is 4.92 Å². The monoisotopic (exact) mass is 438 g/mol. The summed E-state index contributed by atoms with van der Waals surface area (Å²) in [6.07, 6.45) is 1.06. The summed E-state index contributed by atoms with van der Waals surface area (Å²) in [5.74, 6) is -0.477. The van der Waals surface area contributed by atoms with Gasteiger partial charge in [0.2, 0.25) is 5.91 Å². The molecule has 160 valence electrons. The SMILES string of the molecule is Cc1ccc(C2CC(=O)N(c3ccc(Cl)c([N+](=O)[O-])c3)C3=C2C(=O)CC(C)(C)C3)cc1. The van der Waals surface area contributed by atoms with Gasteiger partial charge < -0.3 is 0 Å². The smallest absolute Gasteiger partial charge is 0.289 e. The van der Waals surface area contributed by atoms with Crippen molar-refractivity contribution >= 4 is 34.7 Å². The topological polar surface area (TPSA) is 80.5 Å². The second-order valence-electron chi connectivity index (χ2n) is 9.09. The maximum Gasteiger partial charge on any atom is 0.289 e. The predicted molar refractivity (Wildman–Crippen MR) is 119 cm³/mol. The number of halogens is 1. The fraction of sp³-hybridized carbons (Fsp3) is 0.333. The molecule has 1 aliphatic carbocycles. The first-order chi connectivity index (χ1) is 14.6. The molecule has 1 heterocycles. The Labute approximate surface area is 185 Å². The highest BCUT2D eigenvalue weighted by atomic mass is 35.5. The first kappa shape index (κ1) is 21.2. The maximum absolute atomic E-state index is 13.4. The van der Waals surface area contributed by atoms with Crippen molar-refractivity contribution in [2.24, 2.45) is 5.41 Å². The van der Waals surface area contributed by atoms with Crippen LogP contribution < -0.4 is 4.90 Å². The number of hydrogen-bond acceptors (Lipinski definition) is 4. The summed E-state index contributed by atoms with van der Waals surface area (Å²) in [5, 5.41) is 11.4. The van der Waals surface area contributed by atoms with Gasteiger partial charge in [-0.25, -0.2) is 0 Å². The first-order valence-electron chi connectivity index (χ1n) is 10.2. The van der Waals surface area contributed by atoms with Crippen molar-refractivity contribution in [1.29, 1.82) is 0 Å². The molecule has 1 aliphatic heterocycles. The number of nitro groups is 1. The van der Waals surface area contributed by atoms with Crippen molar-refractivity contribution in [3.8, 4) is 0 Å². The molecule has 2 aromatic rings. The van der Waals surface area contributed by atoms with Gasteiger partial charge in [0.1, 0.15) is 5.02 Å². The molecule has 0 saturated carbocycles. The average Bonchev–Trinajstić information content (AvgIpc) is 2.67. The van der Waals surface area contributed by atoms with E-state index in [9.17, 15) is 19.7 Å². The number of Topliss-reactive ketones (excluding diaryl/α,β-unsaturated/α-hetero) is 1. The number of anilines is 1. The van der Waals surface area contributed by atoms with Crippen molar-refractivity contribution in [3.63, 3.8) is 0 Å². The van der Waals surface area contributed by atoms with Crippen molar-refractivity contribution in [2.45, 2.75) is 46.0 Å². The summed E-state index contributed by atoms with van der Waals surface area (Å²) in [6.45, 7) is 5.98. The lowest BCUT2D eigenvalue weighted by Crippen LogP contribution is -2.43. The highest BCUT2D eigenvalue weighted by molar-refractivity contribution is 6.32. The van der Waals surface area contributed by atoms with Gasteiger partial charge in [-0.1, -0.05) is 55.3 Å². The lowest BCUT2D eigenvalue weighted by molar-refractivity contribution is -0.384. The lowest BCUT2D eigenvalue weighted by atomic mass is 9.69. The Kier molecular flexibility index (Phi) is 5.21. The van der Waals surface area contributed by atoms with E-state index in [1.165, 1.54) is 17.0 Å². The van der Waals surface area contributed by atoms with Crippen LogP contribution >= 0.6 is 11.6 Å². The van der Waals surface area contributed by atoms with Gasteiger partial charge >= 0.3 is 0 Å². The van der Waals surface area contributed by atoms with Gasteiger partial charge in [-0.2, -0.15) is 0 Å². The van der Waals surface area contributed by atoms with E-state index in [0.29, 0.717) is 29.8 Å². The Balaban J connectivity index is 1.90.